The summed E-state index contributed by atoms with van der Waals surface area (Å²) >= 11 is 0. The zero-order valence-electron chi connectivity index (χ0n) is 12.0. The molecule has 0 saturated carbocycles. The van der Waals surface area contributed by atoms with Crippen LogP contribution in [0.5, 0.6) is 0 Å². The third kappa shape index (κ3) is 2.88. The minimum absolute atomic E-state index is 0.364. The van der Waals surface area contributed by atoms with E-state index in [1.807, 2.05) is 0 Å². The van der Waals surface area contributed by atoms with Crippen LogP contribution >= 0.6 is 0 Å². The van der Waals surface area contributed by atoms with Gasteiger partial charge in [0.1, 0.15) is 6.67 Å². The number of allylic oxidation sites excluding steroid dienone is 1. The molecule has 0 bridgehead atoms. The first-order chi connectivity index (χ1) is 9.73. The molecule has 1 amide bonds. The van der Waals surface area contributed by atoms with Gasteiger partial charge in [0.15, 0.2) is 12.1 Å². The minimum atomic E-state index is -3.31. The Labute approximate surface area is 122 Å². The normalized spacial score (nSPS) is 30.2. The SMILES string of the molecule is C/C=C/C(F)(F)C[N+]1([O-])CNC(C)(c2ccccc2)C1=O. The molecule has 1 fully saturated rings. The topological polar surface area (TPSA) is 52.2 Å². The van der Waals surface area contributed by atoms with E-state index in [-0.39, 0.29) is 6.67 Å². The highest BCUT2D eigenvalue weighted by Gasteiger charge is 2.55. The van der Waals surface area contributed by atoms with Gasteiger partial charge in [-0.2, -0.15) is 8.78 Å². The van der Waals surface area contributed by atoms with Crippen molar-refractivity contribution in [1.82, 2.24) is 5.32 Å². The highest BCUT2D eigenvalue weighted by atomic mass is 19.3. The number of quaternary nitrogens is 1. The molecule has 0 spiro atoms. The Kier molecular flexibility index (Phi) is 3.97. The Morgan fingerprint density at radius 1 is 1.43 bits per heavy atom. The van der Waals surface area contributed by atoms with Crippen molar-refractivity contribution in [2.45, 2.75) is 25.3 Å². The molecule has 2 rings (SSSR count). The highest BCUT2D eigenvalue weighted by Crippen LogP contribution is 2.34. The summed E-state index contributed by atoms with van der Waals surface area (Å²) in [5.41, 5.74) is -0.644. The van der Waals surface area contributed by atoms with E-state index in [9.17, 15) is 18.8 Å². The Bertz CT molecular complexity index is 562. The maximum Gasteiger partial charge on any atom is 0.339 e. The van der Waals surface area contributed by atoms with E-state index >= 15 is 0 Å². The predicted octanol–water partition coefficient (Wildman–Crippen LogP) is 2.52. The summed E-state index contributed by atoms with van der Waals surface area (Å²) in [5.74, 6) is -4.10. The van der Waals surface area contributed by atoms with Crippen LogP contribution in [0.4, 0.5) is 8.78 Å². The van der Waals surface area contributed by atoms with Crippen molar-refractivity contribution in [2.24, 2.45) is 0 Å². The fourth-order valence-electron chi connectivity index (χ4n) is 2.60. The van der Waals surface area contributed by atoms with Gasteiger partial charge < -0.3 is 5.21 Å². The van der Waals surface area contributed by atoms with Crippen LogP contribution in [0.25, 0.3) is 0 Å². The Morgan fingerprint density at radius 3 is 2.62 bits per heavy atom. The summed E-state index contributed by atoms with van der Waals surface area (Å²) < 4.78 is 25.8. The average Bonchev–Trinajstić information content (AvgIpc) is 2.65. The summed E-state index contributed by atoms with van der Waals surface area (Å²) in [6.07, 6.45) is 1.83. The first-order valence-electron chi connectivity index (χ1n) is 6.69. The van der Waals surface area contributed by atoms with E-state index in [0.29, 0.717) is 11.6 Å². The molecule has 4 nitrogen and oxygen atoms in total. The van der Waals surface area contributed by atoms with Gasteiger partial charge in [-0.05, 0) is 25.5 Å². The number of hydroxylamine groups is 3. The van der Waals surface area contributed by atoms with Crippen LogP contribution in [-0.2, 0) is 10.3 Å². The molecular formula is C15H18F2N2O2. The Hall–Kier alpha value is -1.63. The van der Waals surface area contributed by atoms with Gasteiger partial charge in [-0.15, -0.1) is 0 Å². The number of carbonyl (C=O) groups excluding carboxylic acids is 1. The Morgan fingerprint density at radius 2 is 2.05 bits per heavy atom. The van der Waals surface area contributed by atoms with Gasteiger partial charge in [0.25, 0.3) is 0 Å². The lowest BCUT2D eigenvalue weighted by atomic mass is 9.92. The second-order valence-electron chi connectivity index (χ2n) is 5.44. The van der Waals surface area contributed by atoms with Gasteiger partial charge in [0, 0.05) is 0 Å². The lowest BCUT2D eigenvalue weighted by Gasteiger charge is -2.37. The van der Waals surface area contributed by atoms with Gasteiger partial charge in [0.2, 0.25) is 0 Å². The number of halogens is 2. The molecule has 1 saturated heterocycles. The third-order valence-electron chi connectivity index (χ3n) is 3.71. The van der Waals surface area contributed by atoms with Gasteiger partial charge in [-0.3, -0.25) is 4.65 Å². The summed E-state index contributed by atoms with van der Waals surface area (Å²) in [6, 6.07) is 8.66. The lowest BCUT2D eigenvalue weighted by Crippen LogP contribution is -2.53. The van der Waals surface area contributed by atoms with E-state index in [1.165, 1.54) is 13.0 Å². The molecular weight excluding hydrogens is 278 g/mol. The van der Waals surface area contributed by atoms with Crippen molar-refractivity contribution in [2.75, 3.05) is 13.2 Å². The van der Waals surface area contributed by atoms with Crippen LogP contribution in [0, 0.1) is 5.21 Å². The summed E-state index contributed by atoms with van der Waals surface area (Å²) in [4.78, 5) is 12.5. The van der Waals surface area contributed by atoms with E-state index in [1.54, 1.807) is 37.3 Å². The van der Waals surface area contributed by atoms with Crippen molar-refractivity contribution >= 4 is 5.91 Å². The lowest BCUT2D eigenvalue weighted by molar-refractivity contribution is -0.806. The van der Waals surface area contributed by atoms with E-state index in [4.69, 9.17) is 0 Å². The van der Waals surface area contributed by atoms with E-state index < -0.39 is 28.6 Å². The number of nitrogens with one attached hydrogen (secondary N) is 1. The fourth-order valence-corrected chi connectivity index (χ4v) is 2.60. The van der Waals surface area contributed by atoms with Crippen LogP contribution < -0.4 is 5.32 Å². The molecule has 0 radical (unpaired) electrons. The largest absolute Gasteiger partial charge is 0.624 e. The van der Waals surface area contributed by atoms with Crippen molar-refractivity contribution in [3.8, 4) is 0 Å². The van der Waals surface area contributed by atoms with Gasteiger partial charge >= 0.3 is 11.8 Å². The quantitative estimate of drug-likeness (QED) is 0.528. The van der Waals surface area contributed by atoms with Crippen molar-refractivity contribution in [3.63, 3.8) is 0 Å². The third-order valence-corrected chi connectivity index (χ3v) is 3.71. The number of nitrogens with zero attached hydrogens (tertiary/aromatic N) is 1. The van der Waals surface area contributed by atoms with Crippen LogP contribution in [0.2, 0.25) is 0 Å². The number of amides is 1. The molecule has 2 unspecified atom stereocenters. The average molecular weight is 296 g/mol. The molecule has 114 valence electrons. The van der Waals surface area contributed by atoms with Crippen LogP contribution in [0.15, 0.2) is 42.5 Å². The van der Waals surface area contributed by atoms with Gasteiger partial charge in [-0.25, -0.2) is 10.1 Å². The molecule has 6 heteroatoms. The first-order valence-corrected chi connectivity index (χ1v) is 6.69. The number of hydrogen-bond donors (Lipinski definition) is 1. The summed E-state index contributed by atoms with van der Waals surface area (Å²) in [7, 11) is 0. The molecule has 1 aliphatic heterocycles. The molecule has 1 heterocycles. The van der Waals surface area contributed by atoms with Crippen LogP contribution in [0.3, 0.4) is 0 Å². The number of benzene rings is 1. The first kappa shape index (κ1) is 15.8. The van der Waals surface area contributed by atoms with Crippen molar-refractivity contribution in [3.05, 3.63) is 53.3 Å². The monoisotopic (exact) mass is 296 g/mol. The van der Waals surface area contributed by atoms with Crippen LogP contribution in [0.1, 0.15) is 19.4 Å². The second-order valence-corrected chi connectivity index (χ2v) is 5.44. The number of hydrogen-bond acceptors (Lipinski definition) is 3. The van der Waals surface area contributed by atoms with E-state index in [0.717, 1.165) is 0 Å². The molecule has 1 aromatic carbocycles. The van der Waals surface area contributed by atoms with Crippen molar-refractivity contribution in [1.29, 1.82) is 0 Å². The van der Waals surface area contributed by atoms with E-state index in [2.05, 4.69) is 5.32 Å². The number of rotatable bonds is 4. The molecule has 0 aromatic heterocycles. The maximum absolute atomic E-state index is 13.7. The van der Waals surface area contributed by atoms with Crippen molar-refractivity contribution < 1.29 is 18.2 Å². The highest BCUT2D eigenvalue weighted by molar-refractivity contribution is 5.83. The molecule has 1 aliphatic rings. The minimum Gasteiger partial charge on any atom is -0.624 e. The number of alkyl halides is 2. The molecule has 0 aliphatic carbocycles. The van der Waals surface area contributed by atoms with Gasteiger partial charge in [-0.1, -0.05) is 36.4 Å². The number of carbonyl (C=O) groups is 1. The zero-order valence-corrected chi connectivity index (χ0v) is 12.0. The van der Waals surface area contributed by atoms with Gasteiger partial charge in [0.05, 0.1) is 0 Å². The molecule has 2 atom stereocenters. The standard InChI is InChI=1S/C15H18F2N2O2/c1-3-9-15(16,17)10-19(21)11-18-14(2,13(19)20)12-7-5-4-6-8-12/h3-9,18H,10-11H2,1-2H3/b9-3+. The smallest absolute Gasteiger partial charge is 0.339 e. The zero-order chi connectivity index (χ0) is 15.7. The second kappa shape index (κ2) is 5.29. The van der Waals surface area contributed by atoms with Crippen LogP contribution in [-0.4, -0.2) is 29.7 Å². The summed E-state index contributed by atoms with van der Waals surface area (Å²) in [6.45, 7) is 1.54. The fraction of sp³-hybridized carbons (Fsp3) is 0.400. The maximum atomic E-state index is 13.7. The molecule has 21 heavy (non-hydrogen) atoms. The molecule has 1 aromatic rings. The predicted molar refractivity (Wildman–Crippen MR) is 75.1 cm³/mol. The Balaban J connectivity index is 2.29. The molecule has 1 N–H and O–H groups in total. The summed E-state index contributed by atoms with van der Waals surface area (Å²) in [5, 5.41) is 15.3.